The Balaban J connectivity index is 2.03. The van der Waals surface area contributed by atoms with Crippen LogP contribution in [0.4, 0.5) is 5.69 Å². The van der Waals surface area contributed by atoms with E-state index in [1.807, 2.05) is 13.0 Å². The summed E-state index contributed by atoms with van der Waals surface area (Å²) in [6.45, 7) is 1.88. The zero-order valence-electron chi connectivity index (χ0n) is 20.0. The first-order valence-electron chi connectivity index (χ1n) is 10.8. The van der Waals surface area contributed by atoms with Crippen molar-refractivity contribution in [2.75, 3.05) is 26.2 Å². The number of aliphatic hydroxyl groups is 1. The minimum absolute atomic E-state index is 0.117. The normalized spacial score (nSPS) is 16.8. The van der Waals surface area contributed by atoms with Crippen LogP contribution in [-0.2, 0) is 9.59 Å². The Hall–Kier alpha value is -3.68. The quantitative estimate of drug-likeness (QED) is 0.242. The van der Waals surface area contributed by atoms with Crippen LogP contribution in [0.25, 0.3) is 5.76 Å². The highest BCUT2D eigenvalue weighted by atomic mass is 35.5. The van der Waals surface area contributed by atoms with Crippen LogP contribution in [0.5, 0.6) is 17.2 Å². The fourth-order valence-corrected chi connectivity index (χ4v) is 4.55. The third kappa shape index (κ3) is 4.36. The lowest BCUT2D eigenvalue weighted by Gasteiger charge is -2.27. The molecule has 7 nitrogen and oxygen atoms in total. The summed E-state index contributed by atoms with van der Waals surface area (Å²) in [5.74, 6) is -1.02. The van der Waals surface area contributed by atoms with Gasteiger partial charge in [0, 0.05) is 11.3 Å². The number of anilines is 1. The molecule has 1 heterocycles. The number of halogens is 2. The standard InChI is InChI=1S/C27H23Cl2NO6/c1-14-6-5-7-17(10-14)30-23(16-12-20(34-2)26(36-4)21(13-16)35-3)22(25(32)27(30)33)24(31)15-8-9-18(28)19(29)11-15/h5-13,23,31H,1-4H3/b24-22+. The number of hydrogen-bond acceptors (Lipinski definition) is 6. The summed E-state index contributed by atoms with van der Waals surface area (Å²) in [5, 5.41) is 11.8. The van der Waals surface area contributed by atoms with E-state index in [9.17, 15) is 14.7 Å². The van der Waals surface area contributed by atoms with E-state index < -0.39 is 17.7 Å². The van der Waals surface area contributed by atoms with Crippen LogP contribution in [0.2, 0.25) is 10.0 Å². The maximum Gasteiger partial charge on any atom is 0.300 e. The molecule has 186 valence electrons. The Bertz CT molecular complexity index is 1380. The maximum absolute atomic E-state index is 13.4. The van der Waals surface area contributed by atoms with Crippen molar-refractivity contribution in [2.24, 2.45) is 0 Å². The van der Waals surface area contributed by atoms with E-state index in [1.165, 1.54) is 44.4 Å². The number of aryl methyl sites for hydroxylation is 1. The minimum Gasteiger partial charge on any atom is -0.507 e. The summed E-state index contributed by atoms with van der Waals surface area (Å²) in [4.78, 5) is 28.1. The molecule has 0 aromatic heterocycles. The van der Waals surface area contributed by atoms with E-state index in [0.29, 0.717) is 28.5 Å². The van der Waals surface area contributed by atoms with E-state index in [-0.39, 0.29) is 26.9 Å². The molecule has 0 radical (unpaired) electrons. The third-order valence-electron chi connectivity index (χ3n) is 5.92. The molecule has 0 saturated carbocycles. The summed E-state index contributed by atoms with van der Waals surface area (Å²) in [5.41, 5.74) is 1.97. The van der Waals surface area contributed by atoms with E-state index in [4.69, 9.17) is 37.4 Å². The molecule has 1 saturated heterocycles. The molecule has 3 aromatic rings. The second-order valence-electron chi connectivity index (χ2n) is 8.10. The van der Waals surface area contributed by atoms with Gasteiger partial charge in [0.05, 0.1) is 43.0 Å². The van der Waals surface area contributed by atoms with Crippen LogP contribution in [0.3, 0.4) is 0 Å². The number of aliphatic hydroxyl groups excluding tert-OH is 1. The third-order valence-corrected chi connectivity index (χ3v) is 6.66. The number of ketones is 1. The van der Waals surface area contributed by atoms with Gasteiger partial charge in [0.1, 0.15) is 5.76 Å². The minimum atomic E-state index is -1.00. The Morgan fingerprint density at radius 1 is 0.889 bits per heavy atom. The van der Waals surface area contributed by atoms with Crippen LogP contribution in [0.15, 0.2) is 60.2 Å². The number of ether oxygens (including phenoxy) is 3. The van der Waals surface area contributed by atoms with E-state index in [1.54, 1.807) is 30.3 Å². The molecule has 1 amide bonds. The van der Waals surface area contributed by atoms with Gasteiger partial charge in [0.2, 0.25) is 5.75 Å². The number of carbonyl (C=O) groups excluding carboxylic acids is 2. The van der Waals surface area contributed by atoms with Crippen molar-refractivity contribution < 1.29 is 28.9 Å². The second-order valence-corrected chi connectivity index (χ2v) is 8.91. The molecule has 36 heavy (non-hydrogen) atoms. The van der Waals surface area contributed by atoms with Crippen LogP contribution in [-0.4, -0.2) is 38.1 Å². The SMILES string of the molecule is COc1cc(C2/C(=C(\O)c3ccc(Cl)c(Cl)c3)C(=O)C(=O)N2c2cccc(C)c2)cc(OC)c1OC. The molecule has 3 aromatic carbocycles. The first-order valence-corrected chi connectivity index (χ1v) is 11.6. The number of benzene rings is 3. The average molecular weight is 528 g/mol. The molecule has 1 unspecified atom stereocenters. The predicted octanol–water partition coefficient (Wildman–Crippen LogP) is 5.95. The Labute approximate surface area is 218 Å². The summed E-state index contributed by atoms with van der Waals surface area (Å²) < 4.78 is 16.4. The first kappa shape index (κ1) is 25.4. The number of amides is 1. The van der Waals surface area contributed by atoms with Gasteiger partial charge in [-0.15, -0.1) is 0 Å². The number of nitrogens with zero attached hydrogens (tertiary/aromatic N) is 1. The number of hydrogen-bond donors (Lipinski definition) is 1. The van der Waals surface area contributed by atoms with Gasteiger partial charge in [-0.05, 0) is 60.5 Å². The number of methoxy groups -OCH3 is 3. The lowest BCUT2D eigenvalue weighted by molar-refractivity contribution is -0.132. The molecule has 1 N–H and O–H groups in total. The van der Waals surface area contributed by atoms with Gasteiger partial charge in [-0.25, -0.2) is 0 Å². The molecule has 1 aliphatic rings. The van der Waals surface area contributed by atoms with Gasteiger partial charge in [-0.3, -0.25) is 14.5 Å². The monoisotopic (exact) mass is 527 g/mol. The van der Waals surface area contributed by atoms with Crippen molar-refractivity contribution in [1.82, 2.24) is 0 Å². The van der Waals surface area contributed by atoms with Crippen LogP contribution in [0, 0.1) is 6.92 Å². The van der Waals surface area contributed by atoms with Gasteiger partial charge >= 0.3 is 0 Å². The molecular formula is C27H23Cl2NO6. The molecule has 0 spiro atoms. The van der Waals surface area contributed by atoms with Crippen molar-refractivity contribution in [3.63, 3.8) is 0 Å². The molecular weight excluding hydrogens is 505 g/mol. The lowest BCUT2D eigenvalue weighted by atomic mass is 9.94. The first-order chi connectivity index (χ1) is 17.2. The number of Topliss-reactive ketones (excluding diaryl/α,β-unsaturated/α-hetero) is 1. The van der Waals surface area contributed by atoms with Crippen molar-refractivity contribution >= 4 is 46.3 Å². The Morgan fingerprint density at radius 2 is 1.56 bits per heavy atom. The zero-order chi connectivity index (χ0) is 26.1. The molecule has 0 bridgehead atoms. The van der Waals surface area contributed by atoms with Crippen molar-refractivity contribution in [3.05, 3.63) is 86.9 Å². The van der Waals surface area contributed by atoms with Gasteiger partial charge in [0.25, 0.3) is 11.7 Å². The van der Waals surface area contributed by atoms with Crippen molar-refractivity contribution in [2.45, 2.75) is 13.0 Å². The van der Waals surface area contributed by atoms with Crippen LogP contribution < -0.4 is 19.1 Å². The molecule has 1 fully saturated rings. The smallest absolute Gasteiger partial charge is 0.300 e. The molecule has 1 aliphatic heterocycles. The molecule has 4 rings (SSSR count). The van der Waals surface area contributed by atoms with Crippen LogP contribution >= 0.6 is 23.2 Å². The summed E-state index contributed by atoms with van der Waals surface area (Å²) in [7, 11) is 4.41. The average Bonchev–Trinajstić information content (AvgIpc) is 3.14. The predicted molar refractivity (Wildman–Crippen MR) is 139 cm³/mol. The van der Waals surface area contributed by atoms with Gasteiger partial charge in [-0.2, -0.15) is 0 Å². The van der Waals surface area contributed by atoms with Crippen LogP contribution in [0.1, 0.15) is 22.7 Å². The Kier molecular flexibility index (Phi) is 7.15. The van der Waals surface area contributed by atoms with E-state index in [0.717, 1.165) is 5.56 Å². The highest BCUT2D eigenvalue weighted by Gasteiger charge is 2.47. The summed E-state index contributed by atoms with van der Waals surface area (Å²) in [6.07, 6.45) is 0. The highest BCUT2D eigenvalue weighted by Crippen LogP contribution is 2.47. The number of rotatable bonds is 6. The van der Waals surface area contributed by atoms with Crippen molar-refractivity contribution in [3.8, 4) is 17.2 Å². The van der Waals surface area contributed by atoms with E-state index in [2.05, 4.69) is 0 Å². The van der Waals surface area contributed by atoms with Gasteiger partial charge in [-0.1, -0.05) is 35.3 Å². The fraction of sp³-hybridized carbons (Fsp3) is 0.185. The highest BCUT2D eigenvalue weighted by molar-refractivity contribution is 6.51. The largest absolute Gasteiger partial charge is 0.507 e. The summed E-state index contributed by atoms with van der Waals surface area (Å²) in [6, 6.07) is 13.9. The maximum atomic E-state index is 13.4. The number of carbonyl (C=O) groups is 2. The van der Waals surface area contributed by atoms with Gasteiger partial charge in [0.15, 0.2) is 11.5 Å². The second kappa shape index (κ2) is 10.1. The van der Waals surface area contributed by atoms with E-state index >= 15 is 0 Å². The molecule has 0 aliphatic carbocycles. The van der Waals surface area contributed by atoms with Gasteiger partial charge < -0.3 is 19.3 Å². The fourth-order valence-electron chi connectivity index (χ4n) is 4.25. The Morgan fingerprint density at radius 3 is 2.11 bits per heavy atom. The topological polar surface area (TPSA) is 85.3 Å². The summed E-state index contributed by atoms with van der Waals surface area (Å²) >= 11 is 12.2. The molecule has 1 atom stereocenters. The molecule has 9 heteroatoms. The lowest BCUT2D eigenvalue weighted by Crippen LogP contribution is -2.29. The zero-order valence-corrected chi connectivity index (χ0v) is 21.5. The van der Waals surface area contributed by atoms with Crippen molar-refractivity contribution in [1.29, 1.82) is 0 Å².